The Morgan fingerprint density at radius 3 is 2.72 bits per heavy atom. The maximum Gasteiger partial charge on any atom is 0.243 e. The lowest BCUT2D eigenvalue weighted by Gasteiger charge is -2.16. The number of sulfonamides is 1. The van der Waals surface area contributed by atoms with Crippen LogP contribution in [0.3, 0.4) is 0 Å². The summed E-state index contributed by atoms with van der Waals surface area (Å²) in [6.45, 7) is 1.68. The Kier molecular flexibility index (Phi) is 5.85. The fourth-order valence-corrected chi connectivity index (χ4v) is 4.32. The van der Waals surface area contributed by atoms with Crippen molar-refractivity contribution in [1.82, 2.24) is 4.31 Å². The highest BCUT2D eigenvalue weighted by atomic mass is 127. The van der Waals surface area contributed by atoms with E-state index in [4.69, 9.17) is 5.73 Å². The first-order chi connectivity index (χ1) is 8.04. The molecule has 0 aromatic heterocycles. The maximum absolute atomic E-state index is 12.3. The Morgan fingerprint density at radius 2 is 2.17 bits per heavy atom. The van der Waals surface area contributed by atoms with Gasteiger partial charge in [-0.05, 0) is 59.7 Å². The molecule has 0 radical (unpaired) electrons. The van der Waals surface area contributed by atoms with Gasteiger partial charge in [-0.1, -0.05) is 6.07 Å². The molecule has 1 aromatic carbocycles. The molecular weight excluding hydrogens is 387 g/mol. The van der Waals surface area contributed by atoms with Crippen LogP contribution in [-0.2, 0) is 10.0 Å². The van der Waals surface area contributed by atoms with Gasteiger partial charge in [0.1, 0.15) is 0 Å². The normalized spacial score (nSPS) is 20.7. The van der Waals surface area contributed by atoms with Crippen LogP contribution in [0.4, 0.5) is 0 Å². The summed E-state index contributed by atoms with van der Waals surface area (Å²) in [6, 6.07) is 7.00. The molecule has 2 N–H and O–H groups in total. The third-order valence-electron chi connectivity index (χ3n) is 3.02. The molecule has 1 atom stereocenters. The molecule has 1 saturated heterocycles. The molecule has 0 aliphatic carbocycles. The number of hydrogen-bond donors (Lipinski definition) is 1. The zero-order chi connectivity index (χ0) is 12.5. The fraction of sp³-hybridized carbons (Fsp3) is 0.455. The Hall–Kier alpha value is 0.110. The first-order valence-electron chi connectivity index (χ1n) is 5.50. The van der Waals surface area contributed by atoms with Gasteiger partial charge in [0.15, 0.2) is 0 Å². The second kappa shape index (κ2) is 6.51. The molecule has 1 unspecified atom stereocenters. The van der Waals surface area contributed by atoms with Crippen molar-refractivity contribution >= 4 is 45.0 Å². The van der Waals surface area contributed by atoms with Crippen molar-refractivity contribution in [3.05, 3.63) is 27.8 Å². The van der Waals surface area contributed by atoms with Crippen LogP contribution >= 0.6 is 35.0 Å². The van der Waals surface area contributed by atoms with Gasteiger partial charge in [0.25, 0.3) is 0 Å². The molecule has 1 fully saturated rings. The monoisotopic (exact) mass is 402 g/mol. The van der Waals surface area contributed by atoms with Gasteiger partial charge >= 0.3 is 0 Å². The van der Waals surface area contributed by atoms with Crippen molar-refractivity contribution in [2.24, 2.45) is 11.7 Å². The predicted molar refractivity (Wildman–Crippen MR) is 82.3 cm³/mol. The molecule has 0 spiro atoms. The summed E-state index contributed by atoms with van der Waals surface area (Å²) in [7, 11) is -3.33. The standard InChI is InChI=1S/C11H15IN2O2S.ClH/c12-10-2-1-3-11(6-10)17(15,16)14-5-4-9(7-13)8-14;/h1-3,6,9H,4-5,7-8,13H2;1H. The van der Waals surface area contributed by atoms with Gasteiger partial charge in [0.2, 0.25) is 10.0 Å². The van der Waals surface area contributed by atoms with Gasteiger partial charge in [-0.25, -0.2) is 8.42 Å². The van der Waals surface area contributed by atoms with Crippen molar-refractivity contribution in [3.8, 4) is 0 Å². The summed E-state index contributed by atoms with van der Waals surface area (Å²) in [5.74, 6) is 0.299. The summed E-state index contributed by atoms with van der Waals surface area (Å²) in [4.78, 5) is 0.377. The Bertz CT molecular complexity index is 510. The number of rotatable bonds is 3. The second-order valence-corrected chi connectivity index (χ2v) is 7.39. The van der Waals surface area contributed by atoms with E-state index >= 15 is 0 Å². The highest BCUT2D eigenvalue weighted by molar-refractivity contribution is 14.1. The van der Waals surface area contributed by atoms with E-state index in [0.29, 0.717) is 30.4 Å². The largest absolute Gasteiger partial charge is 0.330 e. The van der Waals surface area contributed by atoms with Crippen LogP contribution < -0.4 is 5.73 Å². The van der Waals surface area contributed by atoms with Crippen molar-refractivity contribution < 1.29 is 8.42 Å². The van der Waals surface area contributed by atoms with Crippen molar-refractivity contribution in [3.63, 3.8) is 0 Å². The molecule has 0 saturated carbocycles. The number of halogens is 2. The molecule has 18 heavy (non-hydrogen) atoms. The Morgan fingerprint density at radius 1 is 1.44 bits per heavy atom. The minimum Gasteiger partial charge on any atom is -0.330 e. The molecule has 0 bridgehead atoms. The van der Waals surface area contributed by atoms with E-state index in [1.54, 1.807) is 18.2 Å². The molecule has 7 heteroatoms. The van der Waals surface area contributed by atoms with Crippen molar-refractivity contribution in [2.45, 2.75) is 11.3 Å². The quantitative estimate of drug-likeness (QED) is 0.783. The summed E-state index contributed by atoms with van der Waals surface area (Å²) >= 11 is 2.12. The predicted octanol–water partition coefficient (Wildman–Crippen LogP) is 1.68. The Labute approximate surface area is 128 Å². The smallest absolute Gasteiger partial charge is 0.243 e. The third kappa shape index (κ3) is 3.36. The molecule has 1 aromatic rings. The van der Waals surface area contributed by atoms with E-state index in [1.165, 1.54) is 4.31 Å². The maximum atomic E-state index is 12.3. The van der Waals surface area contributed by atoms with Crippen molar-refractivity contribution in [2.75, 3.05) is 19.6 Å². The summed E-state index contributed by atoms with van der Waals surface area (Å²) in [6.07, 6.45) is 0.861. The summed E-state index contributed by atoms with van der Waals surface area (Å²) in [5.41, 5.74) is 5.58. The zero-order valence-electron chi connectivity index (χ0n) is 9.75. The molecule has 4 nitrogen and oxygen atoms in total. The van der Waals surface area contributed by atoms with Gasteiger partial charge in [-0.3, -0.25) is 0 Å². The minimum absolute atomic E-state index is 0. The second-order valence-electron chi connectivity index (χ2n) is 4.21. The van der Waals surface area contributed by atoms with Crippen LogP contribution in [-0.4, -0.2) is 32.4 Å². The van der Waals surface area contributed by atoms with Gasteiger partial charge in [0.05, 0.1) is 4.90 Å². The van der Waals surface area contributed by atoms with Crippen LogP contribution in [0.25, 0.3) is 0 Å². The highest BCUT2D eigenvalue weighted by Gasteiger charge is 2.31. The van der Waals surface area contributed by atoms with E-state index in [-0.39, 0.29) is 12.4 Å². The van der Waals surface area contributed by atoms with E-state index in [9.17, 15) is 8.42 Å². The lowest BCUT2D eigenvalue weighted by molar-refractivity contribution is 0.459. The molecule has 1 heterocycles. The summed E-state index contributed by atoms with van der Waals surface area (Å²) in [5, 5.41) is 0. The fourth-order valence-electron chi connectivity index (χ4n) is 1.98. The van der Waals surface area contributed by atoms with Crippen molar-refractivity contribution in [1.29, 1.82) is 0 Å². The molecule has 1 aliphatic rings. The van der Waals surface area contributed by atoms with E-state index in [2.05, 4.69) is 22.6 Å². The first-order valence-corrected chi connectivity index (χ1v) is 8.01. The lowest BCUT2D eigenvalue weighted by Crippen LogP contribution is -2.30. The van der Waals surface area contributed by atoms with E-state index in [0.717, 1.165) is 9.99 Å². The van der Waals surface area contributed by atoms with Crippen LogP contribution in [0.5, 0.6) is 0 Å². The van der Waals surface area contributed by atoms with E-state index in [1.807, 2.05) is 6.07 Å². The van der Waals surface area contributed by atoms with Crippen LogP contribution in [0, 0.1) is 9.49 Å². The molecular formula is C11H16ClIN2O2S. The number of benzene rings is 1. The number of nitrogens with two attached hydrogens (primary N) is 1. The van der Waals surface area contributed by atoms with Gasteiger partial charge in [0, 0.05) is 16.7 Å². The average Bonchev–Trinajstić information content (AvgIpc) is 2.78. The molecule has 0 amide bonds. The lowest BCUT2D eigenvalue weighted by atomic mass is 10.1. The van der Waals surface area contributed by atoms with Crippen LogP contribution in [0.15, 0.2) is 29.2 Å². The van der Waals surface area contributed by atoms with E-state index < -0.39 is 10.0 Å². The molecule has 2 rings (SSSR count). The zero-order valence-corrected chi connectivity index (χ0v) is 13.5. The SMILES string of the molecule is Cl.NCC1CCN(S(=O)(=O)c2cccc(I)c2)C1. The van der Waals surface area contributed by atoms with Gasteiger partial charge in [-0.2, -0.15) is 4.31 Å². The minimum atomic E-state index is -3.33. The Balaban J connectivity index is 0.00000162. The highest BCUT2D eigenvalue weighted by Crippen LogP contribution is 2.24. The topological polar surface area (TPSA) is 63.4 Å². The van der Waals surface area contributed by atoms with Crippen LogP contribution in [0.2, 0.25) is 0 Å². The third-order valence-corrected chi connectivity index (χ3v) is 5.55. The molecule has 102 valence electrons. The first kappa shape index (κ1) is 16.2. The molecule has 1 aliphatic heterocycles. The summed E-state index contributed by atoms with van der Waals surface area (Å²) < 4.78 is 27.1. The van der Waals surface area contributed by atoms with Crippen LogP contribution in [0.1, 0.15) is 6.42 Å². The van der Waals surface area contributed by atoms with Gasteiger partial charge in [-0.15, -0.1) is 12.4 Å². The number of hydrogen-bond acceptors (Lipinski definition) is 3. The average molecular weight is 403 g/mol. The van der Waals surface area contributed by atoms with Gasteiger partial charge < -0.3 is 5.73 Å². The number of nitrogens with zero attached hydrogens (tertiary/aromatic N) is 1.